The summed E-state index contributed by atoms with van der Waals surface area (Å²) in [5, 5.41) is 0. The molecule has 23 heavy (non-hydrogen) atoms. The minimum Gasteiger partial charge on any atom is -0.382 e. The second kappa shape index (κ2) is 9.33. The Morgan fingerprint density at radius 2 is 1.48 bits per heavy atom. The summed E-state index contributed by atoms with van der Waals surface area (Å²) in [5.74, 6) is 1.78. The lowest BCUT2D eigenvalue weighted by Gasteiger charge is -2.46. The van der Waals surface area contributed by atoms with Crippen molar-refractivity contribution < 1.29 is 9.47 Å². The number of likely N-dealkylation sites (tertiary alicyclic amines) is 2. The first-order valence-corrected chi connectivity index (χ1v) is 9.66. The molecule has 134 valence electrons. The van der Waals surface area contributed by atoms with Crippen LogP contribution in [0.15, 0.2) is 0 Å². The molecule has 0 aromatic carbocycles. The molecule has 3 aliphatic rings. The van der Waals surface area contributed by atoms with E-state index in [0.29, 0.717) is 0 Å². The number of nitrogens with zero attached hydrogens (tertiary/aromatic N) is 3. The molecular weight excluding hydrogens is 290 g/mol. The SMILES string of the molecule is CCOCCCN1CC2CC(C1)CN(CCN1CCOCC1)C2. The summed E-state index contributed by atoms with van der Waals surface area (Å²) >= 11 is 0. The van der Waals surface area contributed by atoms with Gasteiger partial charge < -0.3 is 19.3 Å². The van der Waals surface area contributed by atoms with Gasteiger partial charge in [0.05, 0.1) is 13.2 Å². The minimum atomic E-state index is 0.851. The lowest BCUT2D eigenvalue weighted by atomic mass is 9.84. The van der Waals surface area contributed by atoms with E-state index in [9.17, 15) is 0 Å². The third kappa shape index (κ3) is 5.68. The standard InChI is InChI=1S/C18H35N3O2/c1-2-22-9-3-4-20-13-17-12-18(14-20)16-21(15-17)6-5-19-7-10-23-11-8-19/h17-18H,2-16H2,1H3. The molecule has 2 unspecified atom stereocenters. The van der Waals surface area contributed by atoms with Crippen LogP contribution in [0, 0.1) is 11.8 Å². The molecule has 0 radical (unpaired) electrons. The summed E-state index contributed by atoms with van der Waals surface area (Å²) in [4.78, 5) is 7.98. The van der Waals surface area contributed by atoms with Crippen molar-refractivity contribution in [2.24, 2.45) is 11.8 Å². The van der Waals surface area contributed by atoms with Gasteiger partial charge in [-0.2, -0.15) is 0 Å². The Labute approximate surface area is 141 Å². The predicted octanol–water partition coefficient (Wildman–Crippen LogP) is 0.999. The van der Waals surface area contributed by atoms with Gasteiger partial charge in [0.2, 0.25) is 0 Å². The Morgan fingerprint density at radius 3 is 2.13 bits per heavy atom. The lowest BCUT2D eigenvalue weighted by Crippen LogP contribution is -2.54. The third-order valence-electron chi connectivity index (χ3n) is 5.54. The quantitative estimate of drug-likeness (QED) is 0.621. The molecule has 0 aromatic rings. The number of hydrogen-bond acceptors (Lipinski definition) is 5. The molecule has 5 heteroatoms. The molecule has 3 saturated heterocycles. The summed E-state index contributed by atoms with van der Waals surface area (Å²) < 4.78 is 10.9. The number of hydrogen-bond donors (Lipinski definition) is 0. The van der Waals surface area contributed by atoms with Crippen LogP contribution in [0.4, 0.5) is 0 Å². The minimum absolute atomic E-state index is 0.851. The summed E-state index contributed by atoms with van der Waals surface area (Å²) in [5.41, 5.74) is 0. The fraction of sp³-hybridized carbons (Fsp3) is 1.00. The highest BCUT2D eigenvalue weighted by Gasteiger charge is 2.33. The van der Waals surface area contributed by atoms with Crippen molar-refractivity contribution in [3.8, 4) is 0 Å². The summed E-state index contributed by atoms with van der Waals surface area (Å²) in [6, 6.07) is 0. The number of morpholine rings is 1. The number of ether oxygens (including phenoxy) is 2. The normalized spacial score (nSPS) is 30.7. The zero-order chi connectivity index (χ0) is 15.9. The van der Waals surface area contributed by atoms with E-state index in [4.69, 9.17) is 9.47 Å². The number of piperidine rings is 2. The first kappa shape index (κ1) is 17.6. The van der Waals surface area contributed by atoms with Crippen LogP contribution in [-0.4, -0.2) is 100 Å². The van der Waals surface area contributed by atoms with E-state index >= 15 is 0 Å². The molecule has 2 atom stereocenters. The maximum Gasteiger partial charge on any atom is 0.0594 e. The molecule has 3 fully saturated rings. The molecule has 5 nitrogen and oxygen atoms in total. The zero-order valence-corrected chi connectivity index (χ0v) is 14.9. The zero-order valence-electron chi connectivity index (χ0n) is 14.9. The molecule has 0 N–H and O–H groups in total. The van der Waals surface area contributed by atoms with Gasteiger partial charge in [-0.3, -0.25) is 4.90 Å². The molecule has 0 saturated carbocycles. The van der Waals surface area contributed by atoms with Crippen LogP contribution in [0.2, 0.25) is 0 Å². The maximum atomic E-state index is 5.48. The van der Waals surface area contributed by atoms with Gasteiger partial charge in [0.15, 0.2) is 0 Å². The monoisotopic (exact) mass is 325 g/mol. The summed E-state index contributed by atoms with van der Waals surface area (Å²) in [6.07, 6.45) is 2.64. The number of rotatable bonds is 8. The average Bonchev–Trinajstić information content (AvgIpc) is 2.57. The van der Waals surface area contributed by atoms with Gasteiger partial charge in [-0.15, -0.1) is 0 Å². The Hall–Kier alpha value is -0.200. The van der Waals surface area contributed by atoms with E-state index in [2.05, 4.69) is 21.6 Å². The van der Waals surface area contributed by atoms with Gasteiger partial charge >= 0.3 is 0 Å². The van der Waals surface area contributed by atoms with Gasteiger partial charge in [0, 0.05) is 72.1 Å². The van der Waals surface area contributed by atoms with Crippen LogP contribution in [0.5, 0.6) is 0 Å². The molecule has 0 aromatic heterocycles. The number of fused-ring (bicyclic) bond motifs is 2. The van der Waals surface area contributed by atoms with Crippen molar-refractivity contribution in [3.05, 3.63) is 0 Å². The molecule has 0 aliphatic carbocycles. The fourth-order valence-corrected chi connectivity index (χ4v) is 4.50. The maximum absolute atomic E-state index is 5.48. The highest BCUT2D eigenvalue weighted by atomic mass is 16.5. The van der Waals surface area contributed by atoms with Crippen LogP contribution >= 0.6 is 0 Å². The smallest absolute Gasteiger partial charge is 0.0594 e. The van der Waals surface area contributed by atoms with Gasteiger partial charge in [0.25, 0.3) is 0 Å². The average molecular weight is 325 g/mol. The molecule has 3 aliphatic heterocycles. The van der Waals surface area contributed by atoms with Crippen molar-refractivity contribution in [3.63, 3.8) is 0 Å². The van der Waals surface area contributed by atoms with Crippen LogP contribution in [0.1, 0.15) is 19.8 Å². The van der Waals surface area contributed by atoms with Gasteiger partial charge in [-0.05, 0) is 31.6 Å². The third-order valence-corrected chi connectivity index (χ3v) is 5.54. The van der Waals surface area contributed by atoms with Gasteiger partial charge in [-0.25, -0.2) is 0 Å². The lowest BCUT2D eigenvalue weighted by molar-refractivity contribution is 0.00845. The molecule has 0 spiro atoms. The van der Waals surface area contributed by atoms with Gasteiger partial charge in [-0.1, -0.05) is 0 Å². The van der Waals surface area contributed by atoms with Crippen LogP contribution in [0.3, 0.4) is 0 Å². The van der Waals surface area contributed by atoms with Crippen LogP contribution < -0.4 is 0 Å². The Bertz CT molecular complexity index is 322. The van der Waals surface area contributed by atoms with E-state index in [1.54, 1.807) is 0 Å². The van der Waals surface area contributed by atoms with E-state index in [0.717, 1.165) is 51.4 Å². The van der Waals surface area contributed by atoms with Crippen molar-refractivity contribution in [1.82, 2.24) is 14.7 Å². The van der Waals surface area contributed by atoms with Crippen LogP contribution in [-0.2, 0) is 9.47 Å². The van der Waals surface area contributed by atoms with E-state index in [1.165, 1.54) is 58.7 Å². The molecule has 0 amide bonds. The predicted molar refractivity (Wildman–Crippen MR) is 92.8 cm³/mol. The summed E-state index contributed by atoms with van der Waals surface area (Å²) in [7, 11) is 0. The van der Waals surface area contributed by atoms with E-state index < -0.39 is 0 Å². The first-order valence-electron chi connectivity index (χ1n) is 9.66. The first-order chi connectivity index (χ1) is 11.3. The molecule has 3 rings (SSSR count). The topological polar surface area (TPSA) is 28.2 Å². The second-order valence-electron chi connectivity index (χ2n) is 7.49. The van der Waals surface area contributed by atoms with Crippen LogP contribution in [0.25, 0.3) is 0 Å². The van der Waals surface area contributed by atoms with Crippen molar-refractivity contribution in [2.45, 2.75) is 19.8 Å². The van der Waals surface area contributed by atoms with E-state index in [1.807, 2.05) is 0 Å². The molecule has 3 heterocycles. The van der Waals surface area contributed by atoms with Crippen molar-refractivity contribution in [1.29, 1.82) is 0 Å². The van der Waals surface area contributed by atoms with Gasteiger partial charge in [0.1, 0.15) is 0 Å². The summed E-state index contributed by atoms with van der Waals surface area (Å²) in [6.45, 7) is 16.8. The molecular formula is C18H35N3O2. The Morgan fingerprint density at radius 1 is 0.870 bits per heavy atom. The Kier molecular flexibility index (Phi) is 7.14. The molecule has 2 bridgehead atoms. The largest absolute Gasteiger partial charge is 0.382 e. The second-order valence-corrected chi connectivity index (χ2v) is 7.49. The highest BCUT2D eigenvalue weighted by Crippen LogP contribution is 2.28. The fourth-order valence-electron chi connectivity index (χ4n) is 4.50. The van der Waals surface area contributed by atoms with Crippen molar-refractivity contribution in [2.75, 3.05) is 85.3 Å². The Balaban J connectivity index is 1.35. The van der Waals surface area contributed by atoms with Crippen molar-refractivity contribution >= 4 is 0 Å². The van der Waals surface area contributed by atoms with E-state index in [-0.39, 0.29) is 0 Å². The highest BCUT2D eigenvalue weighted by molar-refractivity contribution is 4.87.